The molecule has 5 heteroatoms. The Morgan fingerprint density at radius 1 is 0.971 bits per heavy atom. The number of methoxy groups -OCH3 is 1. The molecule has 2 aliphatic rings. The van der Waals surface area contributed by atoms with Gasteiger partial charge >= 0.3 is 6.09 Å². The van der Waals surface area contributed by atoms with Gasteiger partial charge in [0, 0.05) is 13.5 Å². The number of rotatable bonds is 16. The molecule has 0 N–H and O–H groups in total. The van der Waals surface area contributed by atoms with Crippen molar-refractivity contribution in [1.82, 2.24) is 4.90 Å². The molecule has 1 aromatic rings. The van der Waals surface area contributed by atoms with Gasteiger partial charge in [-0.05, 0) is 31.7 Å². The number of benzene rings is 1. The van der Waals surface area contributed by atoms with Crippen LogP contribution in [0.5, 0.6) is 0 Å². The summed E-state index contributed by atoms with van der Waals surface area (Å²) in [6, 6.07) is 9.50. The molecular weight excluding hydrogens is 438 g/mol. The number of ketones is 1. The van der Waals surface area contributed by atoms with E-state index in [-0.39, 0.29) is 24.0 Å². The van der Waals surface area contributed by atoms with E-state index in [2.05, 4.69) is 24.3 Å². The minimum atomic E-state index is -0.891. The molecule has 1 saturated heterocycles. The van der Waals surface area contributed by atoms with Crippen molar-refractivity contribution in [1.29, 1.82) is 0 Å². The lowest BCUT2D eigenvalue weighted by atomic mass is 9.69. The summed E-state index contributed by atoms with van der Waals surface area (Å²) in [7, 11) is 1.61. The van der Waals surface area contributed by atoms with Crippen LogP contribution >= 0.6 is 0 Å². The van der Waals surface area contributed by atoms with Crippen molar-refractivity contribution >= 4 is 11.9 Å². The first kappa shape index (κ1) is 27.2. The number of amides is 1. The van der Waals surface area contributed by atoms with Gasteiger partial charge < -0.3 is 9.47 Å². The molecule has 35 heavy (non-hydrogen) atoms. The van der Waals surface area contributed by atoms with E-state index < -0.39 is 5.60 Å². The second-order valence-corrected chi connectivity index (χ2v) is 9.82. The van der Waals surface area contributed by atoms with Crippen LogP contribution < -0.4 is 0 Å². The van der Waals surface area contributed by atoms with Gasteiger partial charge in [0.05, 0.1) is 12.1 Å². The SMILES string of the molecule is C/C=C/C=C/CCCCCCCCCCC[C@@]1(OC)C(=O)C[C@H]1N1C(=O)OC[C@H]1c1ccccc1. The van der Waals surface area contributed by atoms with E-state index in [0.29, 0.717) is 19.4 Å². The molecule has 1 heterocycles. The Labute approximate surface area is 211 Å². The summed E-state index contributed by atoms with van der Waals surface area (Å²) in [5.74, 6) is 0.108. The minimum Gasteiger partial charge on any atom is -0.447 e. The first-order chi connectivity index (χ1) is 17.1. The van der Waals surface area contributed by atoms with Crippen molar-refractivity contribution in [3.8, 4) is 0 Å². The van der Waals surface area contributed by atoms with Crippen LogP contribution in [0.2, 0.25) is 0 Å². The summed E-state index contributed by atoms with van der Waals surface area (Å²) in [6.45, 7) is 2.36. The van der Waals surface area contributed by atoms with Crippen molar-refractivity contribution in [2.75, 3.05) is 13.7 Å². The summed E-state index contributed by atoms with van der Waals surface area (Å²) in [4.78, 5) is 27.1. The number of unbranched alkanes of at least 4 members (excludes halogenated alkanes) is 9. The summed E-state index contributed by atoms with van der Waals surface area (Å²) in [5, 5.41) is 0. The molecule has 1 amide bonds. The monoisotopic (exact) mass is 481 g/mol. The summed E-state index contributed by atoms with van der Waals surface area (Å²) >= 11 is 0. The molecule has 0 bridgehead atoms. The highest BCUT2D eigenvalue weighted by atomic mass is 16.6. The molecule has 0 aromatic heterocycles. The predicted molar refractivity (Wildman–Crippen MR) is 140 cm³/mol. The standard InChI is InChI=1S/C30H43NO4/c1-3-4-5-6-7-8-9-10-11-12-13-14-15-19-22-30(34-2)27(23-28(30)32)31-26(24-35-29(31)33)25-20-17-16-18-21-25/h3-6,16-18,20-21,26-27H,7-15,19,22-24H2,1-2H3/b4-3+,6-5+/t26-,27+,30-/m0/s1. The maximum Gasteiger partial charge on any atom is 0.410 e. The van der Waals surface area contributed by atoms with Crippen molar-refractivity contribution in [2.45, 2.75) is 102 Å². The normalized spacial score (nSPS) is 24.5. The van der Waals surface area contributed by atoms with Gasteiger partial charge in [-0.15, -0.1) is 0 Å². The second kappa shape index (κ2) is 14.2. The number of nitrogens with zero attached hydrogens (tertiary/aromatic N) is 1. The fraction of sp³-hybridized carbons (Fsp3) is 0.600. The lowest BCUT2D eigenvalue weighted by Gasteiger charge is -2.51. The van der Waals surface area contributed by atoms with Gasteiger partial charge in [0.1, 0.15) is 12.2 Å². The number of hydrogen-bond acceptors (Lipinski definition) is 4. The molecular formula is C30H43NO4. The third-order valence-electron chi connectivity index (χ3n) is 7.54. The number of carbonyl (C=O) groups is 2. The lowest BCUT2D eigenvalue weighted by Crippen LogP contribution is -2.68. The summed E-state index contributed by atoms with van der Waals surface area (Å²) in [5.41, 5.74) is 0.144. The van der Waals surface area contributed by atoms with Gasteiger partial charge in [0.2, 0.25) is 0 Å². The fourth-order valence-corrected chi connectivity index (χ4v) is 5.43. The molecule has 1 aliphatic heterocycles. The molecule has 5 nitrogen and oxygen atoms in total. The first-order valence-corrected chi connectivity index (χ1v) is 13.5. The Kier molecular flexibility index (Phi) is 11.1. The zero-order valence-electron chi connectivity index (χ0n) is 21.6. The number of cyclic esters (lactones) is 1. The van der Waals surface area contributed by atoms with E-state index in [1.165, 1.54) is 51.4 Å². The Morgan fingerprint density at radius 2 is 1.63 bits per heavy atom. The molecule has 1 saturated carbocycles. The summed E-state index contributed by atoms with van der Waals surface area (Å²) < 4.78 is 11.3. The number of allylic oxidation sites excluding steroid dienone is 4. The van der Waals surface area contributed by atoms with Crippen LogP contribution in [-0.2, 0) is 14.3 Å². The Hall–Kier alpha value is -2.40. The topological polar surface area (TPSA) is 55.8 Å². The highest BCUT2D eigenvalue weighted by Gasteiger charge is 2.61. The van der Waals surface area contributed by atoms with E-state index in [1.54, 1.807) is 12.0 Å². The molecule has 0 unspecified atom stereocenters. The van der Waals surface area contributed by atoms with Gasteiger partial charge in [-0.25, -0.2) is 4.79 Å². The van der Waals surface area contributed by atoms with Crippen LogP contribution in [0.3, 0.4) is 0 Å². The number of ether oxygens (including phenoxy) is 2. The lowest BCUT2D eigenvalue weighted by molar-refractivity contribution is -0.173. The zero-order chi connectivity index (χ0) is 24.9. The second-order valence-electron chi connectivity index (χ2n) is 9.82. The molecule has 3 atom stereocenters. The minimum absolute atomic E-state index is 0.108. The molecule has 192 valence electrons. The van der Waals surface area contributed by atoms with Gasteiger partial charge in [-0.1, -0.05) is 106 Å². The molecule has 1 aromatic carbocycles. The average molecular weight is 482 g/mol. The molecule has 0 radical (unpaired) electrons. The number of Topliss-reactive ketones (excluding diaryl/α,β-unsaturated/α-hetero) is 1. The number of carbonyl (C=O) groups excluding carboxylic acids is 2. The van der Waals surface area contributed by atoms with Crippen molar-refractivity contribution < 1.29 is 19.1 Å². The van der Waals surface area contributed by atoms with Crippen LogP contribution in [0.15, 0.2) is 54.6 Å². The predicted octanol–water partition coefficient (Wildman–Crippen LogP) is 7.33. The third-order valence-corrected chi connectivity index (χ3v) is 7.54. The van der Waals surface area contributed by atoms with Gasteiger partial charge in [0.25, 0.3) is 0 Å². The molecule has 2 fully saturated rings. The smallest absolute Gasteiger partial charge is 0.410 e. The van der Waals surface area contributed by atoms with Crippen LogP contribution in [-0.4, -0.2) is 42.1 Å². The van der Waals surface area contributed by atoms with Crippen molar-refractivity contribution in [3.63, 3.8) is 0 Å². The maximum absolute atomic E-state index is 12.8. The molecule has 0 spiro atoms. The van der Waals surface area contributed by atoms with E-state index in [1.807, 2.05) is 37.3 Å². The largest absolute Gasteiger partial charge is 0.447 e. The van der Waals surface area contributed by atoms with Crippen LogP contribution in [0, 0.1) is 0 Å². The molecule has 1 aliphatic carbocycles. The maximum atomic E-state index is 12.8. The highest BCUT2D eigenvalue weighted by Crippen LogP contribution is 2.45. The van der Waals surface area contributed by atoms with Gasteiger partial charge in [-0.2, -0.15) is 0 Å². The Balaban J connectivity index is 1.37. The first-order valence-electron chi connectivity index (χ1n) is 13.5. The van der Waals surface area contributed by atoms with Crippen LogP contribution in [0.4, 0.5) is 4.79 Å². The summed E-state index contributed by atoms with van der Waals surface area (Å²) in [6.07, 6.45) is 21.3. The van der Waals surface area contributed by atoms with Crippen LogP contribution in [0.25, 0.3) is 0 Å². The van der Waals surface area contributed by atoms with Gasteiger partial charge in [0.15, 0.2) is 5.78 Å². The van der Waals surface area contributed by atoms with Gasteiger partial charge in [-0.3, -0.25) is 9.69 Å². The van der Waals surface area contributed by atoms with E-state index in [4.69, 9.17) is 9.47 Å². The van der Waals surface area contributed by atoms with Crippen molar-refractivity contribution in [3.05, 3.63) is 60.2 Å². The van der Waals surface area contributed by atoms with E-state index in [0.717, 1.165) is 18.4 Å². The average Bonchev–Trinajstić information content (AvgIpc) is 3.25. The highest BCUT2D eigenvalue weighted by molar-refractivity contribution is 5.96. The third kappa shape index (κ3) is 7.07. The Morgan fingerprint density at radius 3 is 2.26 bits per heavy atom. The Bertz CT molecular complexity index is 849. The quantitative estimate of drug-likeness (QED) is 0.183. The zero-order valence-corrected chi connectivity index (χ0v) is 21.6. The van der Waals surface area contributed by atoms with E-state index in [9.17, 15) is 9.59 Å². The van der Waals surface area contributed by atoms with E-state index >= 15 is 0 Å². The fourth-order valence-electron chi connectivity index (χ4n) is 5.43. The van der Waals surface area contributed by atoms with Crippen LogP contribution in [0.1, 0.15) is 95.6 Å². The van der Waals surface area contributed by atoms with Crippen molar-refractivity contribution in [2.24, 2.45) is 0 Å². The molecule has 3 rings (SSSR count). The number of hydrogen-bond donors (Lipinski definition) is 0.